The van der Waals surface area contributed by atoms with Gasteiger partial charge in [0.2, 0.25) is 0 Å². The van der Waals surface area contributed by atoms with Crippen molar-refractivity contribution < 1.29 is 5.21 Å². The van der Waals surface area contributed by atoms with Crippen molar-refractivity contribution in [2.75, 3.05) is 13.1 Å². The maximum atomic E-state index is 11.2. The van der Waals surface area contributed by atoms with Crippen LogP contribution in [0.2, 0.25) is 5.02 Å². The van der Waals surface area contributed by atoms with E-state index >= 15 is 0 Å². The van der Waals surface area contributed by atoms with Crippen LogP contribution in [-0.2, 0) is 0 Å². The van der Waals surface area contributed by atoms with Crippen LogP contribution in [0.15, 0.2) is 78.9 Å². The molecule has 152 valence electrons. The molecule has 0 amide bonds. The van der Waals surface area contributed by atoms with Crippen molar-refractivity contribution >= 4 is 22.5 Å². The highest BCUT2D eigenvalue weighted by molar-refractivity contribution is 6.30. The summed E-state index contributed by atoms with van der Waals surface area (Å²) in [7, 11) is 0. The Morgan fingerprint density at radius 3 is 2.17 bits per heavy atom. The van der Waals surface area contributed by atoms with Crippen LogP contribution in [0.5, 0.6) is 0 Å². The van der Waals surface area contributed by atoms with E-state index in [2.05, 4.69) is 41.3 Å². The molecular weight excluding hydrogens is 392 g/mol. The lowest BCUT2D eigenvalue weighted by atomic mass is 9.91. The lowest BCUT2D eigenvalue weighted by molar-refractivity contribution is 0.183. The van der Waals surface area contributed by atoms with Crippen LogP contribution < -0.4 is 0 Å². The fourth-order valence-corrected chi connectivity index (χ4v) is 4.91. The molecule has 3 aromatic carbocycles. The first-order valence-electron chi connectivity index (χ1n) is 10.6. The Balaban J connectivity index is 1.80. The van der Waals surface area contributed by atoms with E-state index in [1.165, 1.54) is 29.6 Å². The third-order valence-corrected chi connectivity index (χ3v) is 6.40. The first kappa shape index (κ1) is 19.2. The lowest BCUT2D eigenvalue weighted by Crippen LogP contribution is -2.34. The van der Waals surface area contributed by atoms with Crippen molar-refractivity contribution in [2.45, 2.75) is 25.3 Å². The standard InChI is InChI=1S/C26H25ClN2O/c27-21-15-13-20(14-16-21)25(28-17-7-2-8-18-28)24-22-11-5-6-12-23(22)29(30)26(24)19-9-3-1-4-10-19/h1,3-6,9-16,25,30H,2,7-8,17-18H2. The van der Waals surface area contributed by atoms with Gasteiger partial charge in [0.1, 0.15) is 0 Å². The van der Waals surface area contributed by atoms with Crippen LogP contribution in [0.3, 0.4) is 0 Å². The minimum absolute atomic E-state index is 0.0519. The molecule has 0 bridgehead atoms. The van der Waals surface area contributed by atoms with E-state index in [9.17, 15) is 5.21 Å². The highest BCUT2D eigenvalue weighted by Crippen LogP contribution is 2.43. The molecule has 1 saturated heterocycles. The second-order valence-electron chi connectivity index (χ2n) is 8.01. The van der Waals surface area contributed by atoms with Crippen LogP contribution in [0.4, 0.5) is 0 Å². The fourth-order valence-electron chi connectivity index (χ4n) is 4.78. The van der Waals surface area contributed by atoms with Gasteiger partial charge in [-0.15, -0.1) is 0 Å². The molecule has 0 saturated carbocycles. The largest absolute Gasteiger partial charge is 0.428 e. The minimum atomic E-state index is 0.0519. The predicted octanol–water partition coefficient (Wildman–Crippen LogP) is 6.77. The smallest absolute Gasteiger partial charge is 0.0930 e. The maximum absolute atomic E-state index is 11.2. The Kier molecular flexibility index (Phi) is 5.24. The number of likely N-dealkylation sites (tertiary alicyclic amines) is 1. The average Bonchev–Trinajstić information content (AvgIpc) is 3.09. The number of hydrogen-bond acceptors (Lipinski definition) is 2. The van der Waals surface area contributed by atoms with Gasteiger partial charge in [-0.05, 0) is 49.7 Å². The number of aromatic nitrogens is 1. The molecule has 1 aliphatic rings. The SMILES string of the molecule is On1c(-c2ccccc2)c(C(c2ccc(Cl)cc2)N2CCCCC2)c2ccccc21. The summed E-state index contributed by atoms with van der Waals surface area (Å²) < 4.78 is 1.37. The average molecular weight is 417 g/mol. The number of rotatable bonds is 4. The van der Waals surface area contributed by atoms with Crippen LogP contribution in [0.25, 0.3) is 22.2 Å². The Bertz CT molecular complexity index is 1150. The van der Waals surface area contributed by atoms with E-state index in [0.717, 1.165) is 45.8 Å². The molecule has 0 aliphatic carbocycles. The lowest BCUT2D eigenvalue weighted by Gasteiger charge is -2.35. The number of fused-ring (bicyclic) bond motifs is 1. The van der Waals surface area contributed by atoms with Gasteiger partial charge in [-0.3, -0.25) is 4.90 Å². The molecule has 1 aromatic heterocycles. The number of para-hydroxylation sites is 1. The monoisotopic (exact) mass is 416 g/mol. The molecule has 0 radical (unpaired) electrons. The number of hydrogen-bond donors (Lipinski definition) is 1. The van der Waals surface area contributed by atoms with Gasteiger partial charge < -0.3 is 5.21 Å². The Morgan fingerprint density at radius 1 is 0.767 bits per heavy atom. The summed E-state index contributed by atoms with van der Waals surface area (Å²) in [6, 6.07) is 26.6. The van der Waals surface area contributed by atoms with E-state index in [-0.39, 0.29) is 6.04 Å². The number of halogens is 1. The molecule has 3 nitrogen and oxygen atoms in total. The van der Waals surface area contributed by atoms with E-state index < -0.39 is 0 Å². The summed E-state index contributed by atoms with van der Waals surface area (Å²) in [5, 5.41) is 13.1. The highest BCUT2D eigenvalue weighted by atomic mass is 35.5. The summed E-state index contributed by atoms with van der Waals surface area (Å²) in [6.07, 6.45) is 3.67. The quantitative estimate of drug-likeness (QED) is 0.371. The topological polar surface area (TPSA) is 28.4 Å². The first-order chi connectivity index (χ1) is 14.7. The molecule has 1 unspecified atom stereocenters. The summed E-state index contributed by atoms with van der Waals surface area (Å²) in [4.78, 5) is 2.56. The van der Waals surface area contributed by atoms with Gasteiger partial charge in [0, 0.05) is 21.5 Å². The molecule has 5 rings (SSSR count). The van der Waals surface area contributed by atoms with Gasteiger partial charge in [0.05, 0.1) is 17.3 Å². The van der Waals surface area contributed by atoms with Crippen molar-refractivity contribution in [1.29, 1.82) is 0 Å². The van der Waals surface area contributed by atoms with E-state index in [0.29, 0.717) is 0 Å². The fraction of sp³-hybridized carbons (Fsp3) is 0.231. The predicted molar refractivity (Wildman–Crippen MR) is 123 cm³/mol. The Hall–Kier alpha value is -2.75. The highest BCUT2D eigenvalue weighted by Gasteiger charge is 2.31. The van der Waals surface area contributed by atoms with Crippen LogP contribution in [0.1, 0.15) is 36.4 Å². The zero-order valence-electron chi connectivity index (χ0n) is 16.8. The summed E-state index contributed by atoms with van der Waals surface area (Å²) in [5.41, 5.74) is 5.07. The molecule has 1 aliphatic heterocycles. The van der Waals surface area contributed by atoms with Crippen LogP contribution in [0, 0.1) is 0 Å². The molecule has 2 heterocycles. The zero-order valence-corrected chi connectivity index (χ0v) is 17.6. The van der Waals surface area contributed by atoms with Crippen LogP contribution in [-0.4, -0.2) is 27.9 Å². The second-order valence-corrected chi connectivity index (χ2v) is 8.44. The number of nitrogens with zero attached hydrogens (tertiary/aromatic N) is 2. The van der Waals surface area contributed by atoms with Crippen molar-refractivity contribution in [2.24, 2.45) is 0 Å². The van der Waals surface area contributed by atoms with E-state index in [1.807, 2.05) is 42.5 Å². The zero-order chi connectivity index (χ0) is 20.5. The second kappa shape index (κ2) is 8.17. The molecule has 30 heavy (non-hydrogen) atoms. The third kappa shape index (κ3) is 3.38. The molecule has 1 N–H and O–H groups in total. The Morgan fingerprint density at radius 2 is 1.43 bits per heavy atom. The molecular formula is C26H25ClN2O. The third-order valence-electron chi connectivity index (χ3n) is 6.15. The van der Waals surface area contributed by atoms with Crippen molar-refractivity contribution in [3.05, 3.63) is 95.0 Å². The maximum Gasteiger partial charge on any atom is 0.0930 e. The van der Waals surface area contributed by atoms with Gasteiger partial charge in [-0.1, -0.05) is 78.7 Å². The minimum Gasteiger partial charge on any atom is -0.428 e. The molecule has 0 spiro atoms. The van der Waals surface area contributed by atoms with Crippen LogP contribution >= 0.6 is 11.6 Å². The normalized spacial score (nSPS) is 16.0. The molecule has 4 aromatic rings. The Labute approximate surface area is 182 Å². The summed E-state index contributed by atoms with van der Waals surface area (Å²) >= 11 is 6.22. The summed E-state index contributed by atoms with van der Waals surface area (Å²) in [5.74, 6) is 0. The van der Waals surface area contributed by atoms with E-state index in [1.54, 1.807) is 0 Å². The number of benzene rings is 3. The van der Waals surface area contributed by atoms with Gasteiger partial charge in [0.25, 0.3) is 0 Å². The van der Waals surface area contributed by atoms with Gasteiger partial charge in [-0.2, -0.15) is 4.73 Å². The van der Waals surface area contributed by atoms with Gasteiger partial charge >= 0.3 is 0 Å². The van der Waals surface area contributed by atoms with Crippen molar-refractivity contribution in [1.82, 2.24) is 9.63 Å². The molecule has 1 fully saturated rings. The van der Waals surface area contributed by atoms with Crippen molar-refractivity contribution in [3.8, 4) is 11.3 Å². The molecule has 1 atom stereocenters. The molecule has 4 heteroatoms. The number of piperidine rings is 1. The van der Waals surface area contributed by atoms with E-state index in [4.69, 9.17) is 11.6 Å². The first-order valence-corrected chi connectivity index (χ1v) is 11.0. The van der Waals surface area contributed by atoms with Gasteiger partial charge in [0.15, 0.2) is 0 Å². The van der Waals surface area contributed by atoms with Gasteiger partial charge in [-0.25, -0.2) is 0 Å². The van der Waals surface area contributed by atoms with Crippen molar-refractivity contribution in [3.63, 3.8) is 0 Å². The summed E-state index contributed by atoms with van der Waals surface area (Å²) in [6.45, 7) is 2.10.